The minimum absolute atomic E-state index is 0.0481. The van der Waals surface area contributed by atoms with Gasteiger partial charge in [0.25, 0.3) is 0 Å². The largest absolute Gasteiger partial charge is 0.374 e. The molecule has 0 atom stereocenters. The van der Waals surface area contributed by atoms with Crippen molar-refractivity contribution in [2.45, 2.75) is 37.8 Å². The summed E-state index contributed by atoms with van der Waals surface area (Å²) in [5, 5.41) is 3.13. The van der Waals surface area contributed by atoms with E-state index in [1.54, 1.807) is 6.08 Å². The van der Waals surface area contributed by atoms with Gasteiger partial charge in [0.15, 0.2) is 11.6 Å². The summed E-state index contributed by atoms with van der Waals surface area (Å²) in [6, 6.07) is 0.198. The van der Waals surface area contributed by atoms with Crippen molar-refractivity contribution in [3.63, 3.8) is 0 Å². The Bertz CT molecular complexity index is 436. The molecule has 1 N–H and O–H groups in total. The Morgan fingerprint density at radius 2 is 2.21 bits per heavy atom. The molecule has 1 fully saturated rings. The summed E-state index contributed by atoms with van der Waals surface area (Å²) in [4.78, 5) is 7.45. The molecule has 1 heterocycles. The maximum atomic E-state index is 13.5. The second-order valence-electron chi connectivity index (χ2n) is 4.58. The molecule has 0 unspecified atom stereocenters. The summed E-state index contributed by atoms with van der Waals surface area (Å²) in [6.07, 6.45) is 6.85. The van der Waals surface area contributed by atoms with Gasteiger partial charge >= 0.3 is 0 Å². The molecular weight excluding hydrogens is 269 g/mol. The number of nitrogens with zero attached hydrogens (tertiary/aromatic N) is 2. The van der Waals surface area contributed by atoms with Crippen molar-refractivity contribution < 1.29 is 9.13 Å². The second-order valence-corrected chi connectivity index (χ2v) is 4.91. The van der Waals surface area contributed by atoms with Gasteiger partial charge in [-0.05, 0) is 37.3 Å². The first-order valence-electron chi connectivity index (χ1n) is 6.36. The normalized spacial score (nSPS) is 23.1. The first-order chi connectivity index (χ1) is 9.19. The molecule has 0 aliphatic heterocycles. The van der Waals surface area contributed by atoms with Crippen molar-refractivity contribution in [3.05, 3.63) is 30.0 Å². The SMILES string of the molecule is C=CCOC1CCC(Nc2nc(Cl)ncc2F)CC1. The molecule has 19 heavy (non-hydrogen) atoms. The maximum Gasteiger partial charge on any atom is 0.224 e. The average Bonchev–Trinajstić information content (AvgIpc) is 2.42. The lowest BCUT2D eigenvalue weighted by atomic mass is 9.93. The highest BCUT2D eigenvalue weighted by atomic mass is 35.5. The number of halogens is 2. The van der Waals surface area contributed by atoms with E-state index in [1.807, 2.05) is 0 Å². The van der Waals surface area contributed by atoms with Crippen molar-refractivity contribution >= 4 is 17.4 Å². The fraction of sp³-hybridized carbons (Fsp3) is 0.538. The Labute approximate surface area is 117 Å². The molecule has 2 rings (SSSR count). The van der Waals surface area contributed by atoms with Crippen LogP contribution in [-0.4, -0.2) is 28.7 Å². The molecule has 0 bridgehead atoms. The monoisotopic (exact) mass is 285 g/mol. The third-order valence-electron chi connectivity index (χ3n) is 3.18. The van der Waals surface area contributed by atoms with Crippen LogP contribution in [0.3, 0.4) is 0 Å². The van der Waals surface area contributed by atoms with Crippen LogP contribution in [0.15, 0.2) is 18.9 Å². The molecule has 1 aromatic heterocycles. The minimum atomic E-state index is -0.477. The van der Waals surface area contributed by atoms with E-state index in [9.17, 15) is 4.39 Å². The lowest BCUT2D eigenvalue weighted by molar-refractivity contribution is 0.0443. The van der Waals surface area contributed by atoms with E-state index in [1.165, 1.54) is 0 Å². The van der Waals surface area contributed by atoms with Crippen LogP contribution in [0.1, 0.15) is 25.7 Å². The number of hydrogen-bond acceptors (Lipinski definition) is 4. The molecule has 0 amide bonds. The minimum Gasteiger partial charge on any atom is -0.374 e. The van der Waals surface area contributed by atoms with Gasteiger partial charge in [0.1, 0.15) is 0 Å². The molecule has 0 aromatic carbocycles. The topological polar surface area (TPSA) is 47.0 Å². The highest BCUT2D eigenvalue weighted by Gasteiger charge is 2.22. The molecule has 104 valence electrons. The summed E-state index contributed by atoms with van der Waals surface area (Å²) in [5.74, 6) is -0.301. The Morgan fingerprint density at radius 3 is 2.89 bits per heavy atom. The van der Waals surface area contributed by atoms with Crippen molar-refractivity contribution in [3.8, 4) is 0 Å². The van der Waals surface area contributed by atoms with Crippen LogP contribution in [0.4, 0.5) is 10.2 Å². The van der Waals surface area contributed by atoms with Gasteiger partial charge in [0.05, 0.1) is 18.9 Å². The second kappa shape index (κ2) is 6.82. The molecule has 1 aliphatic carbocycles. The Kier molecular flexibility index (Phi) is 5.10. The number of rotatable bonds is 5. The quantitative estimate of drug-likeness (QED) is 0.667. The molecule has 0 saturated heterocycles. The Hall–Kier alpha value is -1.20. The lowest BCUT2D eigenvalue weighted by Gasteiger charge is -2.29. The van der Waals surface area contributed by atoms with Gasteiger partial charge in [-0.2, -0.15) is 4.98 Å². The van der Waals surface area contributed by atoms with Gasteiger partial charge in [-0.3, -0.25) is 0 Å². The number of anilines is 1. The van der Waals surface area contributed by atoms with E-state index in [-0.39, 0.29) is 23.2 Å². The third-order valence-corrected chi connectivity index (χ3v) is 3.36. The molecule has 0 spiro atoms. The van der Waals surface area contributed by atoms with Gasteiger partial charge in [-0.15, -0.1) is 6.58 Å². The predicted molar refractivity (Wildman–Crippen MR) is 72.8 cm³/mol. The molecule has 1 saturated carbocycles. The van der Waals surface area contributed by atoms with Crippen molar-refractivity contribution in [2.75, 3.05) is 11.9 Å². The Morgan fingerprint density at radius 1 is 1.47 bits per heavy atom. The molecule has 1 aromatic rings. The molecule has 1 aliphatic rings. The van der Waals surface area contributed by atoms with E-state index >= 15 is 0 Å². The number of ether oxygens (including phenoxy) is 1. The van der Waals surface area contributed by atoms with E-state index < -0.39 is 5.82 Å². The number of aromatic nitrogens is 2. The molecule has 6 heteroatoms. The summed E-state index contributed by atoms with van der Waals surface area (Å²) >= 11 is 5.66. The van der Waals surface area contributed by atoms with Gasteiger partial charge in [0, 0.05) is 6.04 Å². The molecular formula is C13H17ClFN3O. The number of nitrogens with one attached hydrogen (secondary N) is 1. The summed E-state index contributed by atoms with van der Waals surface area (Å²) in [5.41, 5.74) is 0. The van der Waals surface area contributed by atoms with Gasteiger partial charge in [0.2, 0.25) is 5.28 Å². The van der Waals surface area contributed by atoms with Gasteiger partial charge < -0.3 is 10.1 Å². The van der Waals surface area contributed by atoms with Gasteiger partial charge in [-0.25, -0.2) is 9.37 Å². The van der Waals surface area contributed by atoms with E-state index in [4.69, 9.17) is 16.3 Å². The van der Waals surface area contributed by atoms with Crippen LogP contribution in [0.5, 0.6) is 0 Å². The first-order valence-corrected chi connectivity index (χ1v) is 6.74. The van der Waals surface area contributed by atoms with Gasteiger partial charge in [-0.1, -0.05) is 6.08 Å². The smallest absolute Gasteiger partial charge is 0.224 e. The third kappa shape index (κ3) is 4.14. The summed E-state index contributed by atoms with van der Waals surface area (Å²) in [7, 11) is 0. The van der Waals surface area contributed by atoms with Crippen LogP contribution >= 0.6 is 11.6 Å². The zero-order valence-electron chi connectivity index (χ0n) is 10.6. The molecule has 0 radical (unpaired) electrons. The van der Waals surface area contributed by atoms with Crippen molar-refractivity contribution in [1.29, 1.82) is 0 Å². The maximum absolute atomic E-state index is 13.5. The van der Waals surface area contributed by atoms with Crippen molar-refractivity contribution in [1.82, 2.24) is 9.97 Å². The fourth-order valence-corrected chi connectivity index (χ4v) is 2.35. The van der Waals surface area contributed by atoms with E-state index in [0.717, 1.165) is 31.9 Å². The highest BCUT2D eigenvalue weighted by molar-refractivity contribution is 6.28. The average molecular weight is 286 g/mol. The predicted octanol–water partition coefficient (Wildman–Crippen LogP) is 3.19. The van der Waals surface area contributed by atoms with Crippen LogP contribution in [0.25, 0.3) is 0 Å². The zero-order valence-corrected chi connectivity index (χ0v) is 11.4. The highest BCUT2D eigenvalue weighted by Crippen LogP contribution is 2.24. The number of hydrogen-bond donors (Lipinski definition) is 1. The van der Waals surface area contributed by atoms with Crippen LogP contribution in [-0.2, 0) is 4.74 Å². The molecule has 4 nitrogen and oxygen atoms in total. The standard InChI is InChI=1S/C13H17ClFN3O/c1-2-7-19-10-5-3-9(4-6-10)17-12-11(15)8-16-13(14)18-12/h2,8-10H,1,3-7H2,(H,16,17,18). The Balaban J connectivity index is 1.85. The first kappa shape index (κ1) is 14.2. The van der Waals surface area contributed by atoms with E-state index in [2.05, 4.69) is 21.9 Å². The fourth-order valence-electron chi connectivity index (χ4n) is 2.22. The van der Waals surface area contributed by atoms with Crippen molar-refractivity contribution in [2.24, 2.45) is 0 Å². The van der Waals surface area contributed by atoms with Crippen LogP contribution < -0.4 is 5.32 Å². The van der Waals surface area contributed by atoms with E-state index in [0.29, 0.717) is 6.61 Å². The van der Waals surface area contributed by atoms with Crippen LogP contribution in [0.2, 0.25) is 5.28 Å². The van der Waals surface area contributed by atoms with Crippen LogP contribution in [0, 0.1) is 5.82 Å². The lowest BCUT2D eigenvalue weighted by Crippen LogP contribution is -2.30. The zero-order chi connectivity index (χ0) is 13.7. The summed E-state index contributed by atoms with van der Waals surface area (Å²) < 4.78 is 19.1. The summed E-state index contributed by atoms with van der Waals surface area (Å²) in [6.45, 7) is 4.21.